The van der Waals surface area contributed by atoms with Crippen LogP contribution in [0.2, 0.25) is 5.02 Å². The van der Waals surface area contributed by atoms with Gasteiger partial charge in [0.05, 0.1) is 22.3 Å². The van der Waals surface area contributed by atoms with Gasteiger partial charge in [0.2, 0.25) is 5.82 Å². The summed E-state index contributed by atoms with van der Waals surface area (Å²) in [5.74, 6) is -2.65. The van der Waals surface area contributed by atoms with Gasteiger partial charge >= 0.3 is 6.03 Å². The average molecular weight is 514 g/mol. The van der Waals surface area contributed by atoms with Crippen LogP contribution < -0.4 is 20.3 Å². The molecule has 2 heterocycles. The van der Waals surface area contributed by atoms with Crippen molar-refractivity contribution in [1.82, 2.24) is 9.97 Å². The molecule has 0 unspecified atom stereocenters. The summed E-state index contributed by atoms with van der Waals surface area (Å²) in [6, 6.07) is 9.65. The standard InChI is InChI=1S/C25H19ClF3N5O2/c26-17-5-3-14(9-18(17)27)31-25(35)32-15-10-19(28)24(29)22(11-15)36-16-4-6-20-21(12-16)33-23(13-30-20)34-7-1-2-8-34/h3-6,9-13H,1-2,7-8H2,(H2,31,32,35). The number of rotatable bonds is 5. The maximum absolute atomic E-state index is 14.5. The number of nitrogens with one attached hydrogen (secondary N) is 2. The van der Waals surface area contributed by atoms with E-state index in [4.69, 9.17) is 16.3 Å². The fourth-order valence-electron chi connectivity index (χ4n) is 3.85. The van der Waals surface area contributed by atoms with Crippen LogP contribution in [0.4, 0.5) is 35.2 Å². The number of carbonyl (C=O) groups excluding carboxylic acids is 1. The van der Waals surface area contributed by atoms with E-state index in [1.807, 2.05) is 0 Å². The van der Waals surface area contributed by atoms with E-state index in [-0.39, 0.29) is 22.1 Å². The molecule has 184 valence electrons. The molecule has 4 aromatic rings. The van der Waals surface area contributed by atoms with Crippen LogP contribution in [0.3, 0.4) is 0 Å². The highest BCUT2D eigenvalue weighted by Gasteiger charge is 2.17. The van der Waals surface area contributed by atoms with E-state index in [2.05, 4.69) is 25.5 Å². The van der Waals surface area contributed by atoms with E-state index in [0.29, 0.717) is 11.0 Å². The Labute approximate surface area is 208 Å². The lowest BCUT2D eigenvalue weighted by Crippen LogP contribution is -2.19. The van der Waals surface area contributed by atoms with Crippen LogP contribution in [0.15, 0.2) is 54.7 Å². The number of benzene rings is 3. The minimum Gasteiger partial charge on any atom is -0.454 e. The van der Waals surface area contributed by atoms with Crippen molar-refractivity contribution in [3.8, 4) is 11.5 Å². The number of fused-ring (bicyclic) bond motifs is 1. The summed E-state index contributed by atoms with van der Waals surface area (Å²) in [6.45, 7) is 1.81. The van der Waals surface area contributed by atoms with Gasteiger partial charge < -0.3 is 20.3 Å². The van der Waals surface area contributed by atoms with Crippen LogP contribution in [0.25, 0.3) is 11.0 Å². The Balaban J connectivity index is 1.35. The molecule has 11 heteroatoms. The second kappa shape index (κ2) is 9.90. The normalized spacial score (nSPS) is 13.2. The summed E-state index contributed by atoms with van der Waals surface area (Å²) in [7, 11) is 0. The van der Waals surface area contributed by atoms with Gasteiger partial charge in [0.25, 0.3) is 0 Å². The third kappa shape index (κ3) is 5.13. The van der Waals surface area contributed by atoms with Crippen LogP contribution >= 0.6 is 11.6 Å². The summed E-state index contributed by atoms with van der Waals surface area (Å²) >= 11 is 5.63. The number of ether oxygens (including phenoxy) is 1. The monoisotopic (exact) mass is 513 g/mol. The maximum Gasteiger partial charge on any atom is 0.323 e. The Bertz CT molecular complexity index is 1460. The zero-order valence-electron chi connectivity index (χ0n) is 18.7. The predicted molar refractivity (Wildman–Crippen MR) is 131 cm³/mol. The van der Waals surface area contributed by atoms with Crippen molar-refractivity contribution < 1.29 is 22.7 Å². The molecule has 0 radical (unpaired) electrons. The molecular weight excluding hydrogens is 495 g/mol. The van der Waals surface area contributed by atoms with E-state index >= 15 is 0 Å². The van der Waals surface area contributed by atoms with Crippen LogP contribution in [-0.2, 0) is 0 Å². The minimum atomic E-state index is -1.22. The Hall–Kier alpha value is -4.05. The van der Waals surface area contributed by atoms with Crippen molar-refractivity contribution in [3.63, 3.8) is 0 Å². The van der Waals surface area contributed by atoms with Crippen molar-refractivity contribution in [1.29, 1.82) is 0 Å². The number of anilines is 3. The molecule has 0 aliphatic carbocycles. The first-order valence-electron chi connectivity index (χ1n) is 11.1. The lowest BCUT2D eigenvalue weighted by molar-refractivity contribution is 0.262. The molecule has 5 rings (SSSR count). The number of hydrogen-bond donors (Lipinski definition) is 2. The lowest BCUT2D eigenvalue weighted by Gasteiger charge is -2.16. The first-order valence-corrected chi connectivity index (χ1v) is 11.5. The zero-order valence-corrected chi connectivity index (χ0v) is 19.5. The van der Waals surface area contributed by atoms with Gasteiger partial charge in [-0.1, -0.05) is 11.6 Å². The third-order valence-corrected chi connectivity index (χ3v) is 5.90. The molecule has 1 aromatic heterocycles. The fraction of sp³-hybridized carbons (Fsp3) is 0.160. The summed E-state index contributed by atoms with van der Waals surface area (Å²) in [6.07, 6.45) is 3.89. The second-order valence-electron chi connectivity index (χ2n) is 8.15. The first kappa shape index (κ1) is 23.7. The molecular formula is C25H19ClF3N5O2. The number of halogens is 4. The largest absolute Gasteiger partial charge is 0.454 e. The smallest absolute Gasteiger partial charge is 0.323 e. The molecule has 0 atom stereocenters. The van der Waals surface area contributed by atoms with Gasteiger partial charge in [0, 0.05) is 42.7 Å². The molecule has 2 amide bonds. The SMILES string of the molecule is O=C(Nc1ccc(Cl)c(F)c1)Nc1cc(F)c(F)c(Oc2ccc3ncc(N4CCCC4)nc3c2)c1. The van der Waals surface area contributed by atoms with Gasteiger partial charge in [-0.25, -0.2) is 18.6 Å². The van der Waals surface area contributed by atoms with Gasteiger partial charge in [-0.05, 0) is 43.2 Å². The quantitative estimate of drug-likeness (QED) is 0.309. The van der Waals surface area contributed by atoms with Gasteiger partial charge in [0.15, 0.2) is 11.6 Å². The Morgan fingerprint density at radius 3 is 2.44 bits per heavy atom. The third-order valence-electron chi connectivity index (χ3n) is 5.59. The molecule has 2 N–H and O–H groups in total. The number of nitrogens with zero attached hydrogens (tertiary/aromatic N) is 3. The van der Waals surface area contributed by atoms with E-state index in [1.54, 1.807) is 24.4 Å². The second-order valence-corrected chi connectivity index (χ2v) is 8.56. The first-order chi connectivity index (χ1) is 17.4. The summed E-state index contributed by atoms with van der Waals surface area (Å²) < 4.78 is 48.0. The molecule has 3 aromatic carbocycles. The fourth-order valence-corrected chi connectivity index (χ4v) is 3.97. The van der Waals surface area contributed by atoms with Gasteiger partial charge in [-0.2, -0.15) is 4.39 Å². The zero-order chi connectivity index (χ0) is 25.2. The van der Waals surface area contributed by atoms with Crippen molar-refractivity contribution >= 4 is 45.9 Å². The average Bonchev–Trinajstić information content (AvgIpc) is 3.39. The Morgan fingerprint density at radius 2 is 1.67 bits per heavy atom. The summed E-state index contributed by atoms with van der Waals surface area (Å²) in [5, 5.41) is 4.65. The molecule has 0 spiro atoms. The topological polar surface area (TPSA) is 79.4 Å². The molecule has 7 nitrogen and oxygen atoms in total. The Kier molecular flexibility index (Phi) is 6.51. The minimum absolute atomic E-state index is 0.0762. The van der Waals surface area contributed by atoms with E-state index < -0.39 is 29.2 Å². The van der Waals surface area contributed by atoms with Crippen LogP contribution in [0, 0.1) is 17.5 Å². The molecule has 1 saturated heterocycles. The van der Waals surface area contributed by atoms with Crippen LogP contribution in [-0.4, -0.2) is 29.1 Å². The molecule has 1 aliphatic heterocycles. The van der Waals surface area contributed by atoms with Crippen LogP contribution in [0.1, 0.15) is 12.8 Å². The highest BCUT2D eigenvalue weighted by molar-refractivity contribution is 6.30. The molecule has 1 aliphatic rings. The van der Waals surface area contributed by atoms with E-state index in [9.17, 15) is 18.0 Å². The summed E-state index contributed by atoms with van der Waals surface area (Å²) in [4.78, 5) is 23.5. The molecule has 36 heavy (non-hydrogen) atoms. The number of hydrogen-bond acceptors (Lipinski definition) is 5. The van der Waals surface area contributed by atoms with E-state index in [0.717, 1.165) is 49.9 Å². The number of aromatic nitrogens is 2. The lowest BCUT2D eigenvalue weighted by atomic mass is 10.2. The van der Waals surface area contributed by atoms with Gasteiger partial charge in [0.1, 0.15) is 17.4 Å². The molecule has 0 saturated carbocycles. The van der Waals surface area contributed by atoms with Gasteiger partial charge in [-0.15, -0.1) is 0 Å². The molecule has 0 bridgehead atoms. The Morgan fingerprint density at radius 1 is 0.917 bits per heavy atom. The van der Waals surface area contributed by atoms with Crippen molar-refractivity contribution in [3.05, 3.63) is 77.2 Å². The van der Waals surface area contributed by atoms with Crippen molar-refractivity contribution in [2.75, 3.05) is 28.6 Å². The van der Waals surface area contributed by atoms with Crippen LogP contribution in [0.5, 0.6) is 11.5 Å². The number of urea groups is 1. The van der Waals surface area contributed by atoms with E-state index in [1.165, 1.54) is 12.1 Å². The highest BCUT2D eigenvalue weighted by Crippen LogP contribution is 2.31. The molecule has 1 fully saturated rings. The predicted octanol–water partition coefficient (Wildman–Crippen LogP) is 6.74. The van der Waals surface area contributed by atoms with Crippen molar-refractivity contribution in [2.24, 2.45) is 0 Å². The van der Waals surface area contributed by atoms with Crippen molar-refractivity contribution in [2.45, 2.75) is 12.8 Å². The van der Waals surface area contributed by atoms with Gasteiger partial charge in [-0.3, -0.25) is 4.98 Å². The maximum atomic E-state index is 14.5. The number of amides is 2. The number of carbonyl (C=O) groups is 1. The highest BCUT2D eigenvalue weighted by atomic mass is 35.5. The summed E-state index contributed by atoms with van der Waals surface area (Å²) in [5.41, 5.74) is 1.22.